The van der Waals surface area contributed by atoms with E-state index in [4.69, 9.17) is 11.6 Å². The third-order valence-electron chi connectivity index (χ3n) is 2.61. The van der Waals surface area contributed by atoms with Gasteiger partial charge in [0.15, 0.2) is 0 Å². The first-order valence-corrected chi connectivity index (χ1v) is 6.25. The molecular formula is C13H20ClNO. The molecule has 0 fully saturated rings. The zero-order valence-electron chi connectivity index (χ0n) is 9.99. The van der Waals surface area contributed by atoms with Crippen molar-refractivity contribution in [2.75, 3.05) is 12.4 Å². The summed E-state index contributed by atoms with van der Waals surface area (Å²) in [6.45, 7) is 6.22. The molecule has 16 heavy (non-hydrogen) atoms. The second-order valence-corrected chi connectivity index (χ2v) is 4.65. The lowest BCUT2D eigenvalue weighted by molar-refractivity contribution is 0.213. The summed E-state index contributed by atoms with van der Waals surface area (Å²) in [6, 6.07) is 7.92. The summed E-state index contributed by atoms with van der Waals surface area (Å²) in [7, 11) is 0. The molecule has 3 heteroatoms. The van der Waals surface area contributed by atoms with E-state index in [1.165, 1.54) is 0 Å². The van der Waals surface area contributed by atoms with E-state index in [1.807, 2.05) is 18.2 Å². The second kappa shape index (κ2) is 6.77. The minimum absolute atomic E-state index is 0.332. The number of phenolic OH excluding ortho intramolecular Hbond substituents is 1. The fourth-order valence-corrected chi connectivity index (χ4v) is 1.79. The summed E-state index contributed by atoms with van der Waals surface area (Å²) >= 11 is 5.71. The zero-order chi connectivity index (χ0) is 12.0. The number of rotatable bonds is 6. The van der Waals surface area contributed by atoms with E-state index in [0.717, 1.165) is 25.1 Å². The Morgan fingerprint density at radius 3 is 2.69 bits per heavy atom. The number of hydrogen-bond donors (Lipinski definition) is 1. The van der Waals surface area contributed by atoms with Gasteiger partial charge in [-0.1, -0.05) is 12.1 Å². The minimum Gasteiger partial charge on any atom is -0.508 e. The van der Waals surface area contributed by atoms with Crippen LogP contribution in [0, 0.1) is 0 Å². The monoisotopic (exact) mass is 241 g/mol. The first-order chi connectivity index (χ1) is 7.63. The van der Waals surface area contributed by atoms with Crippen molar-refractivity contribution in [3.63, 3.8) is 0 Å². The number of nitrogens with zero attached hydrogens (tertiary/aromatic N) is 1. The Hall–Kier alpha value is -0.730. The topological polar surface area (TPSA) is 23.5 Å². The molecule has 0 amide bonds. The third-order valence-corrected chi connectivity index (χ3v) is 2.87. The molecule has 0 aliphatic heterocycles. The zero-order valence-corrected chi connectivity index (χ0v) is 10.7. The van der Waals surface area contributed by atoms with Gasteiger partial charge in [-0.05, 0) is 44.5 Å². The van der Waals surface area contributed by atoms with Gasteiger partial charge in [-0.2, -0.15) is 0 Å². The Morgan fingerprint density at radius 2 is 2.12 bits per heavy atom. The van der Waals surface area contributed by atoms with Crippen LogP contribution < -0.4 is 0 Å². The third kappa shape index (κ3) is 4.42. The van der Waals surface area contributed by atoms with Crippen molar-refractivity contribution < 1.29 is 5.11 Å². The van der Waals surface area contributed by atoms with Gasteiger partial charge < -0.3 is 5.11 Å². The summed E-state index contributed by atoms with van der Waals surface area (Å²) in [5, 5.41) is 9.40. The second-order valence-electron chi connectivity index (χ2n) is 4.28. The minimum atomic E-state index is 0.332. The Bertz CT molecular complexity index is 315. The van der Waals surface area contributed by atoms with Crippen LogP contribution in [0.5, 0.6) is 5.75 Å². The molecule has 0 spiro atoms. The predicted octanol–water partition coefficient (Wildman–Crippen LogP) is 3.23. The molecule has 0 saturated heterocycles. The molecule has 1 N–H and O–H groups in total. The highest BCUT2D eigenvalue weighted by Crippen LogP contribution is 2.14. The van der Waals surface area contributed by atoms with Crippen LogP contribution in [0.4, 0.5) is 0 Å². The van der Waals surface area contributed by atoms with Crippen molar-refractivity contribution in [3.8, 4) is 5.75 Å². The first-order valence-electron chi connectivity index (χ1n) is 5.71. The van der Waals surface area contributed by atoms with Gasteiger partial charge >= 0.3 is 0 Å². The highest BCUT2D eigenvalue weighted by Gasteiger charge is 2.09. The maximum atomic E-state index is 9.40. The summed E-state index contributed by atoms with van der Waals surface area (Å²) < 4.78 is 0. The van der Waals surface area contributed by atoms with Crippen LogP contribution in [0.25, 0.3) is 0 Å². The van der Waals surface area contributed by atoms with Gasteiger partial charge in [-0.25, -0.2) is 0 Å². The average Bonchev–Trinajstić information content (AvgIpc) is 2.24. The summed E-state index contributed by atoms with van der Waals surface area (Å²) in [5.41, 5.74) is 1.14. The van der Waals surface area contributed by atoms with Gasteiger partial charge in [0, 0.05) is 18.5 Å². The fraction of sp³-hybridized carbons (Fsp3) is 0.538. The largest absolute Gasteiger partial charge is 0.508 e. The van der Waals surface area contributed by atoms with Crippen molar-refractivity contribution in [1.29, 1.82) is 0 Å². The molecule has 0 radical (unpaired) electrons. The van der Waals surface area contributed by atoms with E-state index in [-0.39, 0.29) is 0 Å². The average molecular weight is 242 g/mol. The summed E-state index contributed by atoms with van der Waals surface area (Å²) in [5.74, 6) is 1.03. The highest BCUT2D eigenvalue weighted by atomic mass is 35.5. The number of aromatic hydroxyl groups is 1. The Balaban J connectivity index is 2.60. The molecule has 1 aromatic rings. The normalized spacial score (nSPS) is 11.3. The van der Waals surface area contributed by atoms with Gasteiger partial charge in [0.1, 0.15) is 5.75 Å². The lowest BCUT2D eigenvalue weighted by Gasteiger charge is -2.26. The number of hydrogen-bond acceptors (Lipinski definition) is 2. The van der Waals surface area contributed by atoms with Crippen molar-refractivity contribution >= 4 is 11.6 Å². The maximum Gasteiger partial charge on any atom is 0.115 e. The van der Waals surface area contributed by atoms with Crippen LogP contribution in [0.2, 0.25) is 0 Å². The highest BCUT2D eigenvalue weighted by molar-refractivity contribution is 6.17. The smallest absolute Gasteiger partial charge is 0.115 e. The summed E-state index contributed by atoms with van der Waals surface area (Å²) in [6.07, 6.45) is 0.999. The molecule has 0 bridgehead atoms. The lowest BCUT2D eigenvalue weighted by Crippen LogP contribution is -2.31. The van der Waals surface area contributed by atoms with E-state index in [2.05, 4.69) is 18.7 Å². The molecule has 0 heterocycles. The van der Waals surface area contributed by atoms with Gasteiger partial charge in [0.2, 0.25) is 0 Å². The number of benzene rings is 1. The Kier molecular flexibility index (Phi) is 5.64. The van der Waals surface area contributed by atoms with Crippen molar-refractivity contribution in [3.05, 3.63) is 29.8 Å². The predicted molar refractivity (Wildman–Crippen MR) is 69.0 cm³/mol. The molecule has 0 aromatic heterocycles. The van der Waals surface area contributed by atoms with Crippen LogP contribution in [-0.2, 0) is 6.54 Å². The van der Waals surface area contributed by atoms with Crippen LogP contribution >= 0.6 is 11.6 Å². The molecule has 2 nitrogen and oxygen atoms in total. The number of halogens is 1. The van der Waals surface area contributed by atoms with Crippen molar-refractivity contribution in [2.24, 2.45) is 0 Å². The Labute approximate surface area is 103 Å². The van der Waals surface area contributed by atoms with Crippen LogP contribution in [0.1, 0.15) is 25.8 Å². The van der Waals surface area contributed by atoms with E-state index in [9.17, 15) is 5.11 Å². The molecule has 0 saturated carbocycles. The maximum absolute atomic E-state index is 9.40. The summed E-state index contributed by atoms with van der Waals surface area (Å²) in [4.78, 5) is 2.36. The van der Waals surface area contributed by atoms with Crippen molar-refractivity contribution in [2.45, 2.75) is 32.9 Å². The SMILES string of the molecule is CC(C)N(CCCCl)Cc1cccc(O)c1. The van der Waals surface area contributed by atoms with Gasteiger partial charge in [-0.15, -0.1) is 11.6 Å². The molecule has 0 aliphatic rings. The molecule has 0 unspecified atom stereocenters. The quantitative estimate of drug-likeness (QED) is 0.773. The van der Waals surface area contributed by atoms with Crippen molar-refractivity contribution in [1.82, 2.24) is 4.90 Å². The molecule has 1 rings (SSSR count). The molecule has 0 aliphatic carbocycles. The van der Waals surface area contributed by atoms with Gasteiger partial charge in [0.25, 0.3) is 0 Å². The van der Waals surface area contributed by atoms with E-state index < -0.39 is 0 Å². The molecular weight excluding hydrogens is 222 g/mol. The van der Waals surface area contributed by atoms with Gasteiger partial charge in [-0.3, -0.25) is 4.90 Å². The van der Waals surface area contributed by atoms with Crippen LogP contribution in [0.3, 0.4) is 0 Å². The van der Waals surface area contributed by atoms with E-state index >= 15 is 0 Å². The standard InChI is InChI=1S/C13H20ClNO/c1-11(2)15(8-4-7-14)10-12-5-3-6-13(16)9-12/h3,5-6,9,11,16H,4,7-8,10H2,1-2H3. The molecule has 90 valence electrons. The Morgan fingerprint density at radius 1 is 1.38 bits per heavy atom. The lowest BCUT2D eigenvalue weighted by atomic mass is 10.1. The van der Waals surface area contributed by atoms with Crippen LogP contribution in [-0.4, -0.2) is 28.5 Å². The molecule has 1 aromatic carbocycles. The number of alkyl halides is 1. The number of phenols is 1. The van der Waals surface area contributed by atoms with Crippen LogP contribution in [0.15, 0.2) is 24.3 Å². The molecule has 0 atom stereocenters. The van der Waals surface area contributed by atoms with E-state index in [0.29, 0.717) is 17.7 Å². The van der Waals surface area contributed by atoms with E-state index in [1.54, 1.807) is 6.07 Å². The van der Waals surface area contributed by atoms with Gasteiger partial charge in [0.05, 0.1) is 0 Å². The first kappa shape index (κ1) is 13.3. The fourth-order valence-electron chi connectivity index (χ4n) is 1.67.